The number of piperidine rings is 1. The molecule has 1 aromatic rings. The van der Waals surface area contributed by atoms with Gasteiger partial charge in [0.2, 0.25) is 11.9 Å². The third-order valence-corrected chi connectivity index (χ3v) is 7.88. The van der Waals surface area contributed by atoms with E-state index in [4.69, 9.17) is 9.97 Å². The Labute approximate surface area is 180 Å². The predicted octanol–water partition coefficient (Wildman–Crippen LogP) is 1.90. The van der Waals surface area contributed by atoms with E-state index in [0.29, 0.717) is 17.9 Å². The molecule has 3 fully saturated rings. The van der Waals surface area contributed by atoms with Gasteiger partial charge in [0.1, 0.15) is 5.82 Å². The highest BCUT2D eigenvalue weighted by Crippen LogP contribution is 2.49. The van der Waals surface area contributed by atoms with Gasteiger partial charge in [-0.15, -0.1) is 0 Å². The van der Waals surface area contributed by atoms with Crippen LogP contribution in [0.1, 0.15) is 49.8 Å². The molecule has 0 aromatic carbocycles. The number of likely N-dealkylation sites (tertiary alicyclic amines) is 1. The number of hydrogen-bond acceptors (Lipinski definition) is 6. The maximum Gasteiger partial charge on any atom is 0.227 e. The molecule has 5 rings (SSSR count). The van der Waals surface area contributed by atoms with E-state index < -0.39 is 0 Å². The minimum atomic E-state index is 0.124. The van der Waals surface area contributed by atoms with Gasteiger partial charge in [0, 0.05) is 63.2 Å². The quantitative estimate of drug-likeness (QED) is 0.753. The van der Waals surface area contributed by atoms with Gasteiger partial charge >= 0.3 is 0 Å². The van der Waals surface area contributed by atoms with E-state index in [2.05, 4.69) is 28.8 Å². The molecule has 1 aromatic heterocycles. The molecule has 0 unspecified atom stereocenters. The van der Waals surface area contributed by atoms with Crippen LogP contribution in [0.5, 0.6) is 0 Å². The normalized spacial score (nSPS) is 25.3. The summed E-state index contributed by atoms with van der Waals surface area (Å²) in [4.78, 5) is 31.7. The van der Waals surface area contributed by atoms with Crippen molar-refractivity contribution in [2.45, 2.75) is 56.4 Å². The smallest absolute Gasteiger partial charge is 0.227 e. The molecule has 0 radical (unpaired) electrons. The Morgan fingerprint density at radius 1 is 1.00 bits per heavy atom. The largest absolute Gasteiger partial charge is 0.355 e. The summed E-state index contributed by atoms with van der Waals surface area (Å²) in [6.45, 7) is 3.88. The van der Waals surface area contributed by atoms with Gasteiger partial charge in [-0.3, -0.25) is 4.79 Å². The molecule has 0 bridgehead atoms. The zero-order valence-electron chi connectivity index (χ0n) is 19.0. The van der Waals surface area contributed by atoms with Crippen LogP contribution in [0.15, 0.2) is 0 Å². The third-order valence-electron chi connectivity index (χ3n) is 7.88. The lowest BCUT2D eigenvalue weighted by atomic mass is 9.76. The Morgan fingerprint density at radius 2 is 1.73 bits per heavy atom. The van der Waals surface area contributed by atoms with Crippen LogP contribution < -0.4 is 9.80 Å². The molecule has 2 saturated heterocycles. The lowest BCUT2D eigenvalue weighted by Gasteiger charge is -2.40. The lowest BCUT2D eigenvalue weighted by Crippen LogP contribution is -2.45. The predicted molar refractivity (Wildman–Crippen MR) is 119 cm³/mol. The molecule has 7 nitrogen and oxygen atoms in total. The van der Waals surface area contributed by atoms with Crippen molar-refractivity contribution < 1.29 is 4.79 Å². The van der Waals surface area contributed by atoms with Crippen LogP contribution in [0.4, 0.5) is 11.8 Å². The molecule has 7 heteroatoms. The first-order valence-electron chi connectivity index (χ1n) is 11.7. The van der Waals surface area contributed by atoms with Crippen LogP contribution in [0.3, 0.4) is 0 Å². The summed E-state index contributed by atoms with van der Waals surface area (Å²) in [5.74, 6) is 2.72. The standard InChI is InChI=1S/C23H36N6O/c1-26(2)17-8-12-29(15-17)20-18-7-9-23(19(18)24-22(25-20)27(3)4)10-13-28(14-11-23)21(30)16-5-6-16/h16-17H,5-15H2,1-4H3/t17-/m0/s1. The second-order valence-corrected chi connectivity index (χ2v) is 10.3. The molecule has 1 spiro atoms. The fraction of sp³-hybridized carbons (Fsp3) is 0.783. The minimum Gasteiger partial charge on any atom is -0.355 e. The molecule has 2 aliphatic heterocycles. The number of hydrogen-bond donors (Lipinski definition) is 0. The van der Waals surface area contributed by atoms with E-state index in [9.17, 15) is 4.79 Å². The van der Waals surface area contributed by atoms with Crippen molar-refractivity contribution in [2.24, 2.45) is 5.92 Å². The summed E-state index contributed by atoms with van der Waals surface area (Å²) in [6.07, 6.45) is 7.68. The number of nitrogens with zero attached hydrogens (tertiary/aromatic N) is 6. The van der Waals surface area contributed by atoms with Crippen molar-refractivity contribution in [3.05, 3.63) is 11.3 Å². The van der Waals surface area contributed by atoms with Crippen molar-refractivity contribution in [2.75, 3.05) is 64.2 Å². The molecule has 30 heavy (non-hydrogen) atoms. The third kappa shape index (κ3) is 3.35. The van der Waals surface area contributed by atoms with E-state index in [1.807, 2.05) is 19.0 Å². The Hall–Kier alpha value is -1.89. The van der Waals surface area contributed by atoms with Crippen molar-refractivity contribution in [1.82, 2.24) is 19.8 Å². The first-order valence-corrected chi connectivity index (χ1v) is 11.7. The topological polar surface area (TPSA) is 55.8 Å². The molecular weight excluding hydrogens is 376 g/mol. The molecule has 2 aliphatic carbocycles. The molecule has 3 heterocycles. The summed E-state index contributed by atoms with van der Waals surface area (Å²) in [5, 5.41) is 0. The van der Waals surface area contributed by atoms with Crippen molar-refractivity contribution in [3.8, 4) is 0 Å². The van der Waals surface area contributed by atoms with Gasteiger partial charge in [-0.1, -0.05) is 0 Å². The fourth-order valence-corrected chi connectivity index (χ4v) is 5.66. The van der Waals surface area contributed by atoms with Crippen LogP contribution in [0, 0.1) is 5.92 Å². The Morgan fingerprint density at radius 3 is 2.33 bits per heavy atom. The lowest BCUT2D eigenvalue weighted by molar-refractivity contribution is -0.134. The summed E-state index contributed by atoms with van der Waals surface area (Å²) < 4.78 is 0. The van der Waals surface area contributed by atoms with Crippen molar-refractivity contribution in [3.63, 3.8) is 0 Å². The first-order chi connectivity index (χ1) is 14.4. The molecule has 1 saturated carbocycles. The molecule has 1 atom stereocenters. The second kappa shape index (κ2) is 7.36. The fourth-order valence-electron chi connectivity index (χ4n) is 5.66. The number of carbonyl (C=O) groups is 1. The summed E-state index contributed by atoms with van der Waals surface area (Å²) >= 11 is 0. The first kappa shape index (κ1) is 20.0. The van der Waals surface area contributed by atoms with E-state index in [1.165, 1.54) is 23.5 Å². The molecule has 164 valence electrons. The van der Waals surface area contributed by atoms with Gasteiger partial charge in [-0.25, -0.2) is 4.98 Å². The summed E-state index contributed by atoms with van der Waals surface area (Å²) in [6, 6.07) is 0.588. The molecule has 1 amide bonds. The average Bonchev–Trinajstić information content (AvgIpc) is 3.36. The number of anilines is 2. The van der Waals surface area contributed by atoms with Crippen LogP contribution in [-0.2, 0) is 16.6 Å². The molecule has 0 N–H and O–H groups in total. The van der Waals surface area contributed by atoms with Crippen LogP contribution >= 0.6 is 0 Å². The Kier molecular flexibility index (Phi) is 4.92. The highest BCUT2D eigenvalue weighted by Gasteiger charge is 2.47. The summed E-state index contributed by atoms with van der Waals surface area (Å²) in [7, 11) is 8.43. The number of amides is 1. The van der Waals surface area contributed by atoms with E-state index in [0.717, 1.165) is 70.7 Å². The van der Waals surface area contributed by atoms with E-state index in [1.54, 1.807) is 0 Å². The van der Waals surface area contributed by atoms with Crippen LogP contribution in [0.2, 0.25) is 0 Å². The molecule has 4 aliphatic rings. The molecular formula is C23H36N6O. The zero-order chi connectivity index (χ0) is 21.0. The number of aromatic nitrogens is 2. The second-order valence-electron chi connectivity index (χ2n) is 10.3. The number of rotatable bonds is 4. The van der Waals surface area contributed by atoms with Gasteiger partial charge in [0.15, 0.2) is 0 Å². The SMILES string of the molecule is CN(C)c1nc(N2CC[C@H](N(C)C)C2)c2c(n1)C1(CC2)CCN(C(=O)C2CC2)CC1. The highest BCUT2D eigenvalue weighted by atomic mass is 16.2. The van der Waals surface area contributed by atoms with Gasteiger partial charge in [0.05, 0.1) is 5.69 Å². The van der Waals surface area contributed by atoms with Gasteiger partial charge in [0.25, 0.3) is 0 Å². The maximum atomic E-state index is 12.5. The number of likely N-dealkylation sites (N-methyl/N-ethyl adjacent to an activating group) is 1. The van der Waals surface area contributed by atoms with Crippen LogP contribution in [-0.4, -0.2) is 86.1 Å². The number of fused-ring (bicyclic) bond motifs is 2. The average molecular weight is 413 g/mol. The number of carbonyl (C=O) groups excluding carboxylic acids is 1. The summed E-state index contributed by atoms with van der Waals surface area (Å²) in [5.41, 5.74) is 2.78. The van der Waals surface area contributed by atoms with Gasteiger partial charge in [-0.05, 0) is 59.0 Å². The monoisotopic (exact) mass is 412 g/mol. The highest BCUT2D eigenvalue weighted by molar-refractivity contribution is 5.81. The zero-order valence-corrected chi connectivity index (χ0v) is 19.0. The van der Waals surface area contributed by atoms with Crippen molar-refractivity contribution in [1.29, 1.82) is 0 Å². The van der Waals surface area contributed by atoms with E-state index >= 15 is 0 Å². The Balaban J connectivity index is 1.44. The van der Waals surface area contributed by atoms with Gasteiger partial charge < -0.3 is 19.6 Å². The Bertz CT molecular complexity index is 825. The maximum absolute atomic E-state index is 12.5. The van der Waals surface area contributed by atoms with Crippen LogP contribution in [0.25, 0.3) is 0 Å². The van der Waals surface area contributed by atoms with E-state index in [-0.39, 0.29) is 5.41 Å². The minimum absolute atomic E-state index is 0.124. The van der Waals surface area contributed by atoms with Gasteiger partial charge in [-0.2, -0.15) is 4.98 Å². The van der Waals surface area contributed by atoms with Crippen molar-refractivity contribution >= 4 is 17.7 Å².